The molecule has 1 atom stereocenters. The second kappa shape index (κ2) is 8.73. The van der Waals surface area contributed by atoms with E-state index in [2.05, 4.69) is 10.0 Å². The van der Waals surface area contributed by atoms with E-state index in [0.29, 0.717) is 5.69 Å². The topological polar surface area (TPSA) is 84.5 Å². The van der Waals surface area contributed by atoms with Crippen LogP contribution in [0.4, 0.5) is 5.69 Å². The van der Waals surface area contributed by atoms with Gasteiger partial charge in [0, 0.05) is 17.3 Å². The number of carbonyl (C=O) groups is 1. The van der Waals surface area contributed by atoms with E-state index >= 15 is 0 Å². The molecule has 0 saturated carbocycles. The predicted octanol–water partition coefficient (Wildman–Crippen LogP) is 3.27. The molecule has 1 unspecified atom stereocenters. The van der Waals surface area contributed by atoms with Crippen LogP contribution in [0.2, 0.25) is 0 Å². The predicted molar refractivity (Wildman–Crippen MR) is 108 cm³/mol. The molecule has 0 aliphatic carbocycles. The number of benzene rings is 2. The second-order valence-corrected chi connectivity index (χ2v) is 8.05. The number of amides is 1. The van der Waals surface area contributed by atoms with Gasteiger partial charge < -0.3 is 10.1 Å². The Morgan fingerprint density at radius 3 is 2.41 bits per heavy atom. The van der Waals surface area contributed by atoms with Gasteiger partial charge in [0.15, 0.2) is 0 Å². The maximum absolute atomic E-state index is 12.2. The summed E-state index contributed by atoms with van der Waals surface area (Å²) in [6.45, 7) is 3.88. The van der Waals surface area contributed by atoms with Gasteiger partial charge >= 0.3 is 0 Å². The van der Waals surface area contributed by atoms with Gasteiger partial charge in [0.1, 0.15) is 5.75 Å². The van der Waals surface area contributed by atoms with Crippen molar-refractivity contribution in [2.45, 2.75) is 19.9 Å². The fourth-order valence-corrected chi connectivity index (χ4v) is 3.14. The van der Waals surface area contributed by atoms with E-state index in [1.165, 1.54) is 6.08 Å². The van der Waals surface area contributed by atoms with Gasteiger partial charge in [0.05, 0.1) is 19.4 Å². The molecular weight excluding hydrogens is 364 g/mol. The van der Waals surface area contributed by atoms with Crippen LogP contribution in [-0.2, 0) is 14.8 Å². The van der Waals surface area contributed by atoms with Gasteiger partial charge in [-0.2, -0.15) is 0 Å². The molecule has 2 rings (SSSR count). The minimum Gasteiger partial charge on any atom is -0.496 e. The smallest absolute Gasteiger partial charge is 0.244 e. The number of sulfonamides is 1. The highest BCUT2D eigenvalue weighted by Gasteiger charge is 2.13. The number of hydrogen-bond acceptors (Lipinski definition) is 4. The standard InChI is InChI=1S/C20H24N2O4S/c1-14-5-11-19(26-3)18(13-14)15(2)21-20(23)12-8-16-6-9-17(10-7-16)22-27(4,24)25/h5-13,15,22H,1-4H3,(H,21,23)/b12-8+. The molecule has 0 bridgehead atoms. The summed E-state index contributed by atoms with van der Waals surface area (Å²) < 4.78 is 30.1. The first kappa shape index (κ1) is 20.5. The number of methoxy groups -OCH3 is 1. The van der Waals surface area contributed by atoms with Crippen LogP contribution >= 0.6 is 0 Å². The van der Waals surface area contributed by atoms with Crippen molar-refractivity contribution in [3.63, 3.8) is 0 Å². The average molecular weight is 388 g/mol. The van der Waals surface area contributed by atoms with E-state index < -0.39 is 10.0 Å². The van der Waals surface area contributed by atoms with Gasteiger partial charge in [0.25, 0.3) is 0 Å². The van der Waals surface area contributed by atoms with E-state index in [1.807, 2.05) is 32.0 Å². The number of ether oxygens (including phenoxy) is 1. The van der Waals surface area contributed by atoms with Crippen molar-refractivity contribution < 1.29 is 17.9 Å². The van der Waals surface area contributed by atoms with Gasteiger partial charge in [-0.3, -0.25) is 9.52 Å². The largest absolute Gasteiger partial charge is 0.496 e. The zero-order chi connectivity index (χ0) is 20.0. The Morgan fingerprint density at radius 2 is 1.81 bits per heavy atom. The molecule has 7 heteroatoms. The lowest BCUT2D eigenvalue weighted by Gasteiger charge is -2.17. The Balaban J connectivity index is 2.02. The second-order valence-electron chi connectivity index (χ2n) is 6.31. The summed E-state index contributed by atoms with van der Waals surface area (Å²) in [6.07, 6.45) is 4.20. The molecule has 0 heterocycles. The van der Waals surface area contributed by atoms with Gasteiger partial charge in [-0.05, 0) is 43.7 Å². The lowest BCUT2D eigenvalue weighted by atomic mass is 10.0. The molecule has 0 spiro atoms. The molecule has 0 aromatic heterocycles. The van der Waals surface area contributed by atoms with Gasteiger partial charge in [-0.1, -0.05) is 29.8 Å². The highest BCUT2D eigenvalue weighted by molar-refractivity contribution is 7.92. The fourth-order valence-electron chi connectivity index (χ4n) is 2.58. The van der Waals surface area contributed by atoms with Crippen LogP contribution in [0.15, 0.2) is 48.5 Å². The van der Waals surface area contributed by atoms with Gasteiger partial charge in [-0.15, -0.1) is 0 Å². The average Bonchev–Trinajstić information content (AvgIpc) is 2.59. The van der Waals surface area contributed by atoms with Crippen LogP contribution in [0, 0.1) is 6.92 Å². The summed E-state index contributed by atoms with van der Waals surface area (Å²) in [4.78, 5) is 12.2. The minimum absolute atomic E-state index is 0.210. The molecule has 0 fully saturated rings. The zero-order valence-corrected chi connectivity index (χ0v) is 16.6. The first-order valence-corrected chi connectivity index (χ1v) is 10.3. The lowest BCUT2D eigenvalue weighted by molar-refractivity contribution is -0.117. The van der Waals surface area contributed by atoms with E-state index in [-0.39, 0.29) is 11.9 Å². The highest BCUT2D eigenvalue weighted by Crippen LogP contribution is 2.26. The first-order valence-electron chi connectivity index (χ1n) is 8.39. The van der Waals surface area contributed by atoms with Crippen molar-refractivity contribution in [1.82, 2.24) is 5.32 Å². The van der Waals surface area contributed by atoms with Crippen molar-refractivity contribution in [3.05, 3.63) is 65.2 Å². The maximum Gasteiger partial charge on any atom is 0.244 e. The molecule has 2 aromatic rings. The van der Waals surface area contributed by atoms with Crippen LogP contribution < -0.4 is 14.8 Å². The lowest BCUT2D eigenvalue weighted by Crippen LogP contribution is -2.25. The molecule has 2 aromatic carbocycles. The van der Waals surface area contributed by atoms with Crippen LogP contribution in [0.3, 0.4) is 0 Å². The highest BCUT2D eigenvalue weighted by atomic mass is 32.2. The van der Waals surface area contributed by atoms with Crippen molar-refractivity contribution in [3.8, 4) is 5.75 Å². The Hall–Kier alpha value is -2.80. The quantitative estimate of drug-likeness (QED) is 0.713. The number of rotatable bonds is 7. The maximum atomic E-state index is 12.2. The molecule has 0 aliphatic heterocycles. The Bertz CT molecular complexity index is 935. The van der Waals surface area contributed by atoms with Gasteiger partial charge in [-0.25, -0.2) is 8.42 Å². The fraction of sp³-hybridized carbons (Fsp3) is 0.250. The minimum atomic E-state index is -3.31. The van der Waals surface area contributed by atoms with Crippen LogP contribution in [-0.4, -0.2) is 27.7 Å². The number of nitrogens with one attached hydrogen (secondary N) is 2. The monoisotopic (exact) mass is 388 g/mol. The van der Waals surface area contributed by atoms with Crippen LogP contribution in [0.25, 0.3) is 6.08 Å². The Morgan fingerprint density at radius 1 is 1.15 bits per heavy atom. The Kier molecular flexibility index (Phi) is 6.63. The normalized spacial score (nSPS) is 12.6. The van der Waals surface area contributed by atoms with Crippen LogP contribution in [0.5, 0.6) is 5.75 Å². The van der Waals surface area contributed by atoms with Crippen molar-refractivity contribution >= 4 is 27.7 Å². The molecule has 0 radical (unpaired) electrons. The Labute approximate surface area is 160 Å². The summed E-state index contributed by atoms with van der Waals surface area (Å²) in [5.41, 5.74) is 3.25. The van der Waals surface area contributed by atoms with Crippen molar-refractivity contribution in [2.24, 2.45) is 0 Å². The summed E-state index contributed by atoms with van der Waals surface area (Å²) in [5.74, 6) is 0.496. The first-order chi connectivity index (χ1) is 12.7. The summed E-state index contributed by atoms with van der Waals surface area (Å²) in [5, 5.41) is 2.91. The number of aryl methyl sites for hydroxylation is 1. The third-order valence-corrected chi connectivity index (χ3v) is 4.46. The van der Waals surface area contributed by atoms with Crippen molar-refractivity contribution in [1.29, 1.82) is 0 Å². The molecule has 2 N–H and O–H groups in total. The van der Waals surface area contributed by atoms with E-state index in [0.717, 1.165) is 28.7 Å². The van der Waals surface area contributed by atoms with Gasteiger partial charge in [0.2, 0.25) is 15.9 Å². The molecule has 27 heavy (non-hydrogen) atoms. The van der Waals surface area contributed by atoms with E-state index in [9.17, 15) is 13.2 Å². The van der Waals surface area contributed by atoms with E-state index in [1.54, 1.807) is 37.5 Å². The molecule has 6 nitrogen and oxygen atoms in total. The molecule has 0 aliphatic rings. The number of carbonyl (C=O) groups excluding carboxylic acids is 1. The van der Waals surface area contributed by atoms with E-state index in [4.69, 9.17) is 4.74 Å². The third-order valence-electron chi connectivity index (χ3n) is 3.85. The molecule has 1 amide bonds. The number of hydrogen-bond donors (Lipinski definition) is 2. The summed E-state index contributed by atoms with van der Waals surface area (Å²) >= 11 is 0. The molecular formula is C20H24N2O4S. The van der Waals surface area contributed by atoms with Crippen molar-refractivity contribution in [2.75, 3.05) is 18.1 Å². The summed E-state index contributed by atoms with van der Waals surface area (Å²) in [7, 11) is -1.70. The van der Waals surface area contributed by atoms with Crippen LogP contribution in [0.1, 0.15) is 29.7 Å². The third kappa shape index (κ3) is 6.45. The molecule has 144 valence electrons. The summed E-state index contributed by atoms with van der Waals surface area (Å²) in [6, 6.07) is 12.3. The SMILES string of the molecule is COc1ccc(C)cc1C(C)NC(=O)/C=C/c1ccc(NS(C)(=O)=O)cc1. The number of anilines is 1. The molecule has 0 saturated heterocycles. The zero-order valence-electron chi connectivity index (χ0n) is 15.8.